The number of nitrogens with zero attached hydrogens (tertiary/aromatic N) is 2. The number of hydrogen-bond acceptors (Lipinski definition) is 3. The van der Waals surface area contributed by atoms with Gasteiger partial charge in [0.2, 0.25) is 5.85 Å². The van der Waals surface area contributed by atoms with Gasteiger partial charge in [0.25, 0.3) is 0 Å². The highest BCUT2D eigenvalue weighted by molar-refractivity contribution is 5.82. The number of halogens is 2. The van der Waals surface area contributed by atoms with Gasteiger partial charge in [-0.2, -0.15) is 5.10 Å². The summed E-state index contributed by atoms with van der Waals surface area (Å²) in [5.74, 6) is -2.91. The lowest BCUT2D eigenvalue weighted by molar-refractivity contribution is -0.130. The zero-order valence-corrected chi connectivity index (χ0v) is 16.2. The maximum Gasteiger partial charge on any atom is 0.235 e. The first-order chi connectivity index (χ1) is 14.4. The summed E-state index contributed by atoms with van der Waals surface area (Å²) in [4.78, 5) is 0. The van der Waals surface area contributed by atoms with Crippen LogP contribution in [0.4, 0.5) is 8.78 Å². The Hall–Kier alpha value is -3.51. The summed E-state index contributed by atoms with van der Waals surface area (Å²) in [6, 6.07) is 18.9. The van der Waals surface area contributed by atoms with Crippen LogP contribution in [-0.4, -0.2) is 20.7 Å². The first kappa shape index (κ1) is 18.5. The second-order valence-corrected chi connectivity index (χ2v) is 7.57. The van der Waals surface area contributed by atoms with E-state index in [4.69, 9.17) is 0 Å². The Morgan fingerprint density at radius 1 is 1.07 bits per heavy atom. The Morgan fingerprint density at radius 3 is 2.60 bits per heavy atom. The quantitative estimate of drug-likeness (QED) is 0.523. The van der Waals surface area contributed by atoms with Crippen molar-refractivity contribution in [3.8, 4) is 5.69 Å². The molecule has 0 amide bonds. The highest BCUT2D eigenvalue weighted by Gasteiger charge is 2.52. The van der Waals surface area contributed by atoms with Crippen LogP contribution in [0.25, 0.3) is 22.7 Å². The monoisotopic (exact) mass is 403 g/mol. The molecular weight excluding hydrogens is 384 g/mol. The predicted octanol–water partition coefficient (Wildman–Crippen LogP) is 4.66. The van der Waals surface area contributed by atoms with Crippen LogP contribution in [0.15, 0.2) is 79.1 Å². The lowest BCUT2D eigenvalue weighted by atomic mass is 9.74. The summed E-state index contributed by atoms with van der Waals surface area (Å²) in [5.41, 5.74) is 2.07. The van der Waals surface area contributed by atoms with Crippen LogP contribution in [0, 0.1) is 5.82 Å². The van der Waals surface area contributed by atoms with E-state index in [2.05, 4.69) is 10.4 Å². The van der Waals surface area contributed by atoms with E-state index in [1.165, 1.54) is 12.1 Å². The minimum absolute atomic E-state index is 0.320. The molecule has 0 aliphatic carbocycles. The van der Waals surface area contributed by atoms with Crippen molar-refractivity contribution in [1.29, 1.82) is 0 Å². The molecule has 0 saturated heterocycles. The molecule has 0 spiro atoms. The molecule has 2 N–H and O–H groups in total. The number of fused-ring (bicyclic) bond motifs is 2. The highest BCUT2D eigenvalue weighted by Crippen LogP contribution is 2.44. The van der Waals surface area contributed by atoms with Gasteiger partial charge in [-0.25, -0.2) is 13.5 Å². The van der Waals surface area contributed by atoms with Gasteiger partial charge >= 0.3 is 0 Å². The molecule has 5 rings (SSSR count). The maximum absolute atomic E-state index is 15.4. The number of rotatable bonds is 3. The topological polar surface area (TPSA) is 50.1 Å². The molecule has 30 heavy (non-hydrogen) atoms. The van der Waals surface area contributed by atoms with Crippen molar-refractivity contribution in [3.63, 3.8) is 0 Å². The molecule has 2 heterocycles. The molecule has 1 aliphatic heterocycles. The molecule has 3 aromatic carbocycles. The maximum atomic E-state index is 15.4. The van der Waals surface area contributed by atoms with Crippen LogP contribution in [0.2, 0.25) is 0 Å². The molecule has 0 radical (unpaired) electrons. The molecule has 4 nitrogen and oxygen atoms in total. The number of alkyl halides is 1. The van der Waals surface area contributed by atoms with Crippen LogP contribution >= 0.6 is 0 Å². The molecule has 0 saturated carbocycles. The summed E-state index contributed by atoms with van der Waals surface area (Å²) in [7, 11) is 0. The van der Waals surface area contributed by atoms with Crippen molar-refractivity contribution in [3.05, 3.63) is 102 Å². The van der Waals surface area contributed by atoms with Crippen molar-refractivity contribution >= 4 is 17.0 Å². The second kappa shape index (κ2) is 6.50. The number of nitrogens with one attached hydrogen (secondary N) is 1. The van der Waals surface area contributed by atoms with Gasteiger partial charge in [0.1, 0.15) is 11.4 Å². The van der Waals surface area contributed by atoms with E-state index >= 15 is 4.39 Å². The van der Waals surface area contributed by atoms with E-state index < -0.39 is 11.4 Å². The SMILES string of the molecule is CC(O)(F)C1(c2ccc3c(cnn3-c3ccc(F)cc3)c2)NC=Cc2ccccc21. The Balaban J connectivity index is 1.70. The van der Waals surface area contributed by atoms with Gasteiger partial charge < -0.3 is 10.4 Å². The summed E-state index contributed by atoms with van der Waals surface area (Å²) in [6.07, 6.45) is 5.18. The van der Waals surface area contributed by atoms with Gasteiger partial charge in [0, 0.05) is 5.39 Å². The first-order valence-corrected chi connectivity index (χ1v) is 9.59. The Kier molecular flexibility index (Phi) is 4.01. The van der Waals surface area contributed by atoms with Crippen LogP contribution in [0.3, 0.4) is 0 Å². The summed E-state index contributed by atoms with van der Waals surface area (Å²) < 4.78 is 30.4. The van der Waals surface area contributed by atoms with Gasteiger partial charge in [0.15, 0.2) is 0 Å². The van der Waals surface area contributed by atoms with E-state index in [0.29, 0.717) is 11.1 Å². The molecular formula is C24H19F2N3O. The van der Waals surface area contributed by atoms with Gasteiger partial charge in [-0.15, -0.1) is 0 Å². The highest BCUT2D eigenvalue weighted by atomic mass is 19.2. The minimum atomic E-state index is -2.59. The van der Waals surface area contributed by atoms with Gasteiger partial charge in [-0.05, 0) is 72.3 Å². The third-order valence-electron chi connectivity index (χ3n) is 5.68. The van der Waals surface area contributed by atoms with Crippen LogP contribution in [-0.2, 0) is 5.54 Å². The predicted molar refractivity (Wildman–Crippen MR) is 112 cm³/mol. The zero-order chi connectivity index (χ0) is 20.9. The van der Waals surface area contributed by atoms with E-state index in [-0.39, 0.29) is 5.82 Å². The number of hydrogen-bond donors (Lipinski definition) is 2. The molecule has 150 valence electrons. The third-order valence-corrected chi connectivity index (χ3v) is 5.68. The number of benzene rings is 3. The second-order valence-electron chi connectivity index (χ2n) is 7.57. The Labute approximate surface area is 172 Å². The number of aliphatic hydroxyl groups is 1. The van der Waals surface area contributed by atoms with Gasteiger partial charge in [0.05, 0.1) is 17.4 Å². The van der Waals surface area contributed by atoms with Crippen molar-refractivity contribution in [2.24, 2.45) is 0 Å². The Morgan fingerprint density at radius 2 is 1.83 bits per heavy atom. The third kappa shape index (κ3) is 2.64. The fourth-order valence-electron chi connectivity index (χ4n) is 4.25. The summed E-state index contributed by atoms with van der Waals surface area (Å²) >= 11 is 0. The van der Waals surface area contributed by atoms with E-state index in [0.717, 1.165) is 29.1 Å². The molecule has 1 aromatic heterocycles. The Bertz CT molecular complexity index is 1270. The van der Waals surface area contributed by atoms with E-state index in [9.17, 15) is 9.50 Å². The average Bonchev–Trinajstić information content (AvgIpc) is 3.16. The molecule has 0 fully saturated rings. The normalized spacial score (nSPS) is 19.9. The van der Waals surface area contributed by atoms with E-state index in [1.54, 1.807) is 35.3 Å². The molecule has 2 atom stereocenters. The minimum Gasteiger partial charge on any atom is -0.373 e. The van der Waals surface area contributed by atoms with Crippen molar-refractivity contribution in [2.45, 2.75) is 18.3 Å². The molecule has 2 unspecified atom stereocenters. The fraction of sp³-hybridized carbons (Fsp3) is 0.125. The van der Waals surface area contributed by atoms with Crippen LogP contribution < -0.4 is 5.32 Å². The fourth-order valence-corrected chi connectivity index (χ4v) is 4.25. The van der Waals surface area contributed by atoms with Gasteiger partial charge in [-0.1, -0.05) is 30.3 Å². The van der Waals surface area contributed by atoms with Crippen molar-refractivity contribution in [1.82, 2.24) is 15.1 Å². The van der Waals surface area contributed by atoms with E-state index in [1.807, 2.05) is 42.5 Å². The largest absolute Gasteiger partial charge is 0.373 e. The summed E-state index contributed by atoms with van der Waals surface area (Å²) in [6.45, 7) is 1.15. The zero-order valence-electron chi connectivity index (χ0n) is 16.2. The smallest absolute Gasteiger partial charge is 0.235 e. The van der Waals surface area contributed by atoms with Gasteiger partial charge in [-0.3, -0.25) is 0 Å². The van der Waals surface area contributed by atoms with Crippen LogP contribution in [0.1, 0.15) is 23.6 Å². The molecule has 6 heteroatoms. The van der Waals surface area contributed by atoms with Crippen molar-refractivity contribution < 1.29 is 13.9 Å². The average molecular weight is 403 g/mol. The first-order valence-electron chi connectivity index (χ1n) is 9.59. The van der Waals surface area contributed by atoms with Crippen LogP contribution in [0.5, 0.6) is 0 Å². The molecule has 4 aromatic rings. The standard InChI is InChI=1S/C24H19F2N3O/c1-23(26,30)24(21-5-3-2-4-16(21)12-13-27-24)18-6-11-22-17(14-18)15-28-29(22)20-9-7-19(25)8-10-20/h2-15,27,30H,1H3. The lowest BCUT2D eigenvalue weighted by Crippen LogP contribution is -2.57. The summed E-state index contributed by atoms with van der Waals surface area (Å²) in [5, 5.41) is 18.9. The molecule has 1 aliphatic rings. The van der Waals surface area contributed by atoms with Crippen molar-refractivity contribution in [2.75, 3.05) is 0 Å². The number of aromatic nitrogens is 2. The lowest BCUT2D eigenvalue weighted by Gasteiger charge is -2.44. The molecule has 0 bridgehead atoms.